The summed E-state index contributed by atoms with van der Waals surface area (Å²) in [5.41, 5.74) is 7.62. The summed E-state index contributed by atoms with van der Waals surface area (Å²) < 4.78 is 0. The highest BCUT2D eigenvalue weighted by atomic mass is 32.1. The molecule has 2 aromatic heterocycles. The van der Waals surface area contributed by atoms with Gasteiger partial charge >= 0.3 is 0 Å². The molecule has 0 saturated heterocycles. The first-order valence-corrected chi connectivity index (χ1v) is 6.85. The van der Waals surface area contributed by atoms with E-state index < -0.39 is 0 Å². The molecule has 0 bridgehead atoms. The van der Waals surface area contributed by atoms with Gasteiger partial charge in [0.2, 0.25) is 0 Å². The van der Waals surface area contributed by atoms with Gasteiger partial charge in [0.1, 0.15) is 10.8 Å². The molecule has 4 nitrogen and oxygen atoms in total. The van der Waals surface area contributed by atoms with Crippen LogP contribution in [0.25, 0.3) is 0 Å². The van der Waals surface area contributed by atoms with Crippen LogP contribution in [0.4, 0.5) is 11.5 Å². The Balaban J connectivity index is 2.10. The molecule has 1 unspecified atom stereocenters. The summed E-state index contributed by atoms with van der Waals surface area (Å²) in [6, 6.07) is 2.00. The lowest BCUT2D eigenvalue weighted by Crippen LogP contribution is -2.08. The molecule has 1 atom stereocenters. The van der Waals surface area contributed by atoms with Crippen LogP contribution in [0.3, 0.4) is 0 Å². The Labute approximate surface area is 111 Å². The van der Waals surface area contributed by atoms with Crippen LogP contribution in [0.2, 0.25) is 0 Å². The molecule has 0 spiro atoms. The van der Waals surface area contributed by atoms with E-state index in [9.17, 15) is 0 Å². The van der Waals surface area contributed by atoms with Crippen LogP contribution < -0.4 is 11.1 Å². The van der Waals surface area contributed by atoms with Crippen LogP contribution in [0.5, 0.6) is 0 Å². The summed E-state index contributed by atoms with van der Waals surface area (Å²) in [6.07, 6.45) is 4.75. The van der Waals surface area contributed by atoms with Crippen molar-refractivity contribution >= 4 is 22.8 Å². The zero-order valence-electron chi connectivity index (χ0n) is 10.9. The van der Waals surface area contributed by atoms with E-state index in [0.717, 1.165) is 28.5 Å². The maximum Gasteiger partial charge on any atom is 0.128 e. The van der Waals surface area contributed by atoms with Crippen molar-refractivity contribution in [3.05, 3.63) is 33.9 Å². The summed E-state index contributed by atoms with van der Waals surface area (Å²) in [6.45, 7) is 6.16. The standard InChI is InChI=1S/C13H18N4S/c1-4-10-7-16-13(18-10)9(3)17-12-5-11(14)8(2)6-15-12/h5-7,9H,4H2,1-3H3,(H3,14,15,17). The minimum atomic E-state index is 0.143. The number of nitrogen functional groups attached to an aromatic ring is 1. The fraction of sp³-hybridized carbons (Fsp3) is 0.385. The Morgan fingerprint density at radius 1 is 1.39 bits per heavy atom. The average Bonchev–Trinajstić information content (AvgIpc) is 2.82. The molecule has 0 aliphatic rings. The van der Waals surface area contributed by atoms with Gasteiger partial charge in [-0.1, -0.05) is 6.92 Å². The molecular formula is C13H18N4S. The van der Waals surface area contributed by atoms with Gasteiger partial charge in [-0.2, -0.15) is 0 Å². The highest BCUT2D eigenvalue weighted by Gasteiger charge is 2.10. The number of nitrogens with zero attached hydrogens (tertiary/aromatic N) is 2. The van der Waals surface area contributed by atoms with Gasteiger partial charge in [-0.25, -0.2) is 9.97 Å². The highest BCUT2D eigenvalue weighted by Crippen LogP contribution is 2.24. The Kier molecular flexibility index (Phi) is 3.81. The first-order valence-electron chi connectivity index (χ1n) is 6.03. The largest absolute Gasteiger partial charge is 0.398 e. The molecule has 5 heteroatoms. The molecule has 0 amide bonds. The number of aromatic nitrogens is 2. The second-order valence-electron chi connectivity index (χ2n) is 4.31. The van der Waals surface area contributed by atoms with E-state index in [1.807, 2.05) is 19.2 Å². The van der Waals surface area contributed by atoms with E-state index in [4.69, 9.17) is 5.73 Å². The van der Waals surface area contributed by atoms with Gasteiger partial charge < -0.3 is 11.1 Å². The van der Waals surface area contributed by atoms with Gasteiger partial charge in [0.25, 0.3) is 0 Å². The van der Waals surface area contributed by atoms with Crippen LogP contribution in [-0.4, -0.2) is 9.97 Å². The number of pyridine rings is 1. The normalized spacial score (nSPS) is 12.4. The van der Waals surface area contributed by atoms with Gasteiger partial charge in [0.05, 0.1) is 6.04 Å². The molecule has 96 valence electrons. The lowest BCUT2D eigenvalue weighted by molar-refractivity contribution is 0.860. The van der Waals surface area contributed by atoms with Crippen molar-refractivity contribution < 1.29 is 0 Å². The van der Waals surface area contributed by atoms with Crippen molar-refractivity contribution in [2.45, 2.75) is 33.2 Å². The Morgan fingerprint density at radius 2 is 2.17 bits per heavy atom. The zero-order valence-corrected chi connectivity index (χ0v) is 11.7. The van der Waals surface area contributed by atoms with Crippen LogP contribution >= 0.6 is 11.3 Å². The fourth-order valence-corrected chi connectivity index (χ4v) is 2.45. The molecule has 2 heterocycles. The summed E-state index contributed by atoms with van der Waals surface area (Å²) >= 11 is 1.73. The number of nitrogens with one attached hydrogen (secondary N) is 1. The Bertz CT molecular complexity index is 536. The molecule has 18 heavy (non-hydrogen) atoms. The zero-order chi connectivity index (χ0) is 13.1. The molecule has 0 saturated carbocycles. The molecule has 0 radical (unpaired) electrons. The number of thiazole rings is 1. The summed E-state index contributed by atoms with van der Waals surface area (Å²) in [4.78, 5) is 10.0. The van der Waals surface area contributed by atoms with Crippen molar-refractivity contribution in [2.24, 2.45) is 0 Å². The van der Waals surface area contributed by atoms with E-state index in [-0.39, 0.29) is 6.04 Å². The number of aryl methyl sites for hydroxylation is 2. The number of anilines is 2. The summed E-state index contributed by atoms with van der Waals surface area (Å²) in [5.74, 6) is 0.791. The third-order valence-corrected chi connectivity index (χ3v) is 4.12. The molecule has 0 aliphatic heterocycles. The summed E-state index contributed by atoms with van der Waals surface area (Å²) in [7, 11) is 0. The molecule has 0 aromatic carbocycles. The van der Waals surface area contributed by atoms with Crippen LogP contribution in [0.15, 0.2) is 18.5 Å². The van der Waals surface area contributed by atoms with E-state index in [0.29, 0.717) is 0 Å². The van der Waals surface area contributed by atoms with Crippen molar-refractivity contribution in [3.8, 4) is 0 Å². The van der Waals surface area contributed by atoms with Crippen molar-refractivity contribution in [1.82, 2.24) is 9.97 Å². The number of rotatable bonds is 4. The second kappa shape index (κ2) is 5.35. The van der Waals surface area contributed by atoms with Gasteiger partial charge in [0, 0.05) is 29.0 Å². The van der Waals surface area contributed by atoms with Crippen molar-refractivity contribution in [1.29, 1.82) is 0 Å². The maximum atomic E-state index is 5.87. The molecule has 0 aliphatic carbocycles. The predicted molar refractivity (Wildman–Crippen MR) is 76.9 cm³/mol. The van der Waals surface area contributed by atoms with E-state index in [1.54, 1.807) is 17.5 Å². The quantitative estimate of drug-likeness (QED) is 0.888. The first kappa shape index (κ1) is 12.8. The molecule has 2 aromatic rings. The Morgan fingerprint density at radius 3 is 2.78 bits per heavy atom. The van der Waals surface area contributed by atoms with E-state index >= 15 is 0 Å². The second-order valence-corrected chi connectivity index (χ2v) is 5.46. The fourth-order valence-electron chi connectivity index (χ4n) is 1.59. The Hall–Kier alpha value is -1.62. The molecule has 3 N–H and O–H groups in total. The third kappa shape index (κ3) is 2.79. The first-order chi connectivity index (χ1) is 8.60. The summed E-state index contributed by atoms with van der Waals surface area (Å²) in [5, 5.41) is 4.40. The third-order valence-electron chi connectivity index (χ3n) is 2.80. The average molecular weight is 262 g/mol. The minimum absolute atomic E-state index is 0.143. The van der Waals surface area contributed by atoms with Gasteiger partial charge in [0.15, 0.2) is 0 Å². The molecule has 2 rings (SSSR count). The topological polar surface area (TPSA) is 63.8 Å². The lowest BCUT2D eigenvalue weighted by atomic mass is 10.2. The van der Waals surface area contributed by atoms with Crippen LogP contribution in [-0.2, 0) is 6.42 Å². The lowest BCUT2D eigenvalue weighted by Gasteiger charge is -2.12. The van der Waals surface area contributed by atoms with Crippen LogP contribution in [0.1, 0.15) is 35.3 Å². The van der Waals surface area contributed by atoms with E-state index in [2.05, 4.69) is 29.1 Å². The minimum Gasteiger partial charge on any atom is -0.398 e. The number of hydrogen-bond acceptors (Lipinski definition) is 5. The molecular weight excluding hydrogens is 244 g/mol. The smallest absolute Gasteiger partial charge is 0.128 e. The van der Waals surface area contributed by atoms with Gasteiger partial charge in [-0.3, -0.25) is 0 Å². The van der Waals surface area contributed by atoms with Gasteiger partial charge in [-0.15, -0.1) is 11.3 Å². The SMILES string of the molecule is CCc1cnc(C(C)Nc2cc(N)c(C)cn2)s1. The van der Waals surface area contributed by atoms with Crippen LogP contribution in [0, 0.1) is 6.92 Å². The van der Waals surface area contributed by atoms with Crippen molar-refractivity contribution in [3.63, 3.8) is 0 Å². The maximum absolute atomic E-state index is 5.87. The molecule has 0 fully saturated rings. The predicted octanol–water partition coefficient (Wildman–Crippen LogP) is 3.16. The van der Waals surface area contributed by atoms with Gasteiger partial charge in [-0.05, 0) is 25.8 Å². The number of nitrogens with two attached hydrogens (primary N) is 1. The van der Waals surface area contributed by atoms with Crippen molar-refractivity contribution in [2.75, 3.05) is 11.1 Å². The van der Waals surface area contributed by atoms with E-state index in [1.165, 1.54) is 4.88 Å². The monoisotopic (exact) mass is 262 g/mol. The number of hydrogen-bond donors (Lipinski definition) is 2. The highest BCUT2D eigenvalue weighted by molar-refractivity contribution is 7.11.